The minimum atomic E-state index is -5.82. The second kappa shape index (κ2) is 22.3. The Bertz CT molecular complexity index is 1260. The Morgan fingerprint density at radius 1 is 0.596 bits per heavy atom. The van der Waals surface area contributed by atoms with Crippen LogP contribution < -0.4 is 0 Å². The van der Waals surface area contributed by atoms with Crippen LogP contribution in [-0.4, -0.2) is 50.6 Å². The molecule has 0 saturated heterocycles. The quantitative estimate of drug-likeness (QED) is 0.163. The van der Waals surface area contributed by atoms with Crippen molar-refractivity contribution in [2.45, 2.75) is 44.0 Å². The van der Waals surface area contributed by atoms with E-state index >= 15 is 0 Å². The van der Waals surface area contributed by atoms with Gasteiger partial charge in [0, 0.05) is 50.1 Å². The topological polar surface area (TPSA) is 83.8 Å². The molecule has 0 unspecified atom stereocenters. The van der Waals surface area contributed by atoms with Crippen molar-refractivity contribution in [2.75, 3.05) is 0 Å². The van der Waals surface area contributed by atoms with Crippen molar-refractivity contribution in [3.8, 4) is 11.4 Å². The average molecular weight is 801 g/mol. The van der Waals surface area contributed by atoms with Crippen LogP contribution in [0.5, 0.6) is 0 Å². The Hall–Kier alpha value is -2.36. The van der Waals surface area contributed by atoms with Crippen LogP contribution in [0.1, 0.15) is 19.4 Å². The van der Waals surface area contributed by atoms with Crippen LogP contribution in [0.15, 0.2) is 79.1 Å². The van der Waals surface area contributed by atoms with Gasteiger partial charge >= 0.3 is 118 Å². The molecule has 0 spiro atoms. The molecule has 2 aromatic heterocycles. The second-order valence-electron chi connectivity index (χ2n) is 8.40. The number of Topliss-reactive ketones (excluding diaryl/α,β-unsaturated/α-hetero) is 2. The van der Waals surface area contributed by atoms with Gasteiger partial charge in [-0.25, -0.2) is 0 Å². The summed E-state index contributed by atoms with van der Waals surface area (Å²) in [7, 11) is 0. The summed E-state index contributed by atoms with van der Waals surface area (Å²) in [6, 6.07) is 22.0. The Morgan fingerprint density at radius 3 is 1.11 bits per heavy atom. The molecular weight excluding hydrogens is 774 g/mol. The number of rotatable bonds is 3. The van der Waals surface area contributed by atoms with Gasteiger partial charge in [0.1, 0.15) is 0 Å². The third-order valence-corrected chi connectivity index (χ3v) is 6.23. The Morgan fingerprint density at radius 2 is 0.894 bits per heavy atom. The summed E-state index contributed by atoms with van der Waals surface area (Å²) < 4.78 is 140. The van der Waals surface area contributed by atoms with E-state index in [1.54, 1.807) is 12.4 Å². The Kier molecular flexibility index (Phi) is 24.4. The fraction of sp³-hybridized carbons (Fsp3) is 0.250. The number of nitrogens with one attached hydrogen (secondary N) is 1. The van der Waals surface area contributed by atoms with Crippen molar-refractivity contribution in [3.63, 3.8) is 0 Å². The fourth-order valence-electron chi connectivity index (χ4n) is 2.43. The van der Waals surface area contributed by atoms with E-state index in [1.807, 2.05) is 42.5 Å². The minimum absolute atomic E-state index is 0. The Labute approximate surface area is 300 Å². The van der Waals surface area contributed by atoms with Crippen molar-refractivity contribution in [2.24, 2.45) is 0 Å². The van der Waals surface area contributed by atoms with Gasteiger partial charge in [0.25, 0.3) is 0 Å². The maximum absolute atomic E-state index is 10.9. The molecule has 19 heteroatoms. The molecule has 47 heavy (non-hydrogen) atoms. The fourth-order valence-corrected chi connectivity index (χ4v) is 3.49. The van der Waals surface area contributed by atoms with E-state index in [1.165, 1.54) is 5.56 Å². The zero-order valence-electron chi connectivity index (χ0n) is 24.6. The first kappa shape index (κ1) is 51.5. The summed E-state index contributed by atoms with van der Waals surface area (Å²) in [5.41, 5.74) is 3.23. The van der Waals surface area contributed by atoms with Crippen molar-refractivity contribution in [1.82, 2.24) is 9.97 Å². The molecule has 0 amide bonds. The molecule has 0 fully saturated rings. The van der Waals surface area contributed by atoms with Crippen LogP contribution in [0.4, 0.5) is 52.7 Å². The van der Waals surface area contributed by atoms with Gasteiger partial charge < -0.3 is 14.9 Å². The van der Waals surface area contributed by atoms with E-state index in [4.69, 9.17) is 3.91 Å². The van der Waals surface area contributed by atoms with Gasteiger partial charge in [0.15, 0.2) is 0 Å². The molecule has 0 aliphatic carbocycles. The molecular formula is C28H27ArF12MoN3O2. The Balaban J connectivity index is -0.000000258. The van der Waals surface area contributed by atoms with E-state index in [2.05, 4.69) is 52.5 Å². The van der Waals surface area contributed by atoms with Crippen LogP contribution in [0, 0.1) is 56.5 Å². The number of hydrogen-bond acceptors (Lipinski definition) is 5. The van der Waals surface area contributed by atoms with E-state index in [-0.39, 0.29) is 58.0 Å². The number of carbonyl (C=O) groups excluding carboxylic acids is 2. The van der Waals surface area contributed by atoms with E-state index in [0.29, 0.717) is 0 Å². The van der Waals surface area contributed by atoms with E-state index in [0.717, 1.165) is 11.4 Å². The first-order chi connectivity index (χ1) is 19.9. The number of hydrogen-bond donors (Lipinski definition) is 1. The average Bonchev–Trinajstić information content (AvgIpc) is 2.93. The molecule has 1 N–H and O–H groups in total. The van der Waals surface area contributed by atoms with Crippen LogP contribution in [0.25, 0.3) is 11.4 Å². The molecule has 0 saturated carbocycles. The maximum atomic E-state index is 10.9. The van der Waals surface area contributed by atoms with Crippen molar-refractivity contribution in [1.29, 1.82) is 3.91 Å². The predicted octanol–water partition coefficient (Wildman–Crippen LogP) is 9.02. The third kappa shape index (κ3) is 21.3. The molecule has 1 aromatic carbocycles. The van der Waals surface area contributed by atoms with Crippen molar-refractivity contribution < 1.29 is 118 Å². The van der Waals surface area contributed by atoms with Crippen molar-refractivity contribution >= 4 is 16.0 Å². The number of pyridine rings is 2. The number of halogens is 12. The van der Waals surface area contributed by atoms with Gasteiger partial charge in [-0.1, -0.05) is 12.1 Å². The van der Waals surface area contributed by atoms with Crippen molar-refractivity contribution in [3.05, 3.63) is 99.5 Å². The number of benzene rings is 1. The van der Waals surface area contributed by atoms with Gasteiger partial charge in [0.2, 0.25) is 0 Å². The second-order valence-corrected chi connectivity index (χ2v) is 9.56. The molecule has 0 atom stereocenters. The predicted molar refractivity (Wildman–Crippen MR) is 143 cm³/mol. The largest absolute Gasteiger partial charge is 0.459 e. The summed E-state index contributed by atoms with van der Waals surface area (Å²) >= 11 is -0.639. The van der Waals surface area contributed by atoms with Gasteiger partial charge in [-0.3, -0.25) is 19.6 Å². The van der Waals surface area contributed by atoms with Crippen LogP contribution in [-0.2, 0) is 32.9 Å². The van der Waals surface area contributed by atoms with Gasteiger partial charge in [-0.15, -0.1) is 0 Å². The van der Waals surface area contributed by atoms with Crippen LogP contribution in [0.3, 0.4) is 0 Å². The monoisotopic (exact) mass is 803 g/mol. The standard InChI is InChI=1S/C10H8N2.C10H12.2C3F6O.2CH3.Ar.Mo.HN/c1-3-7-11-9(5-1)10-6-2-4-8-12-10;1-10(2,3)9-7-5-4-6-8-9;2*4-2(5,6)1(10)3(7,8)9;;;;;/h1-8H;1,4-8H,2-3H3;;;2*1H3;;;1H/q;;;;2*-1;;+2;. The number of carbonyl (C=O) groups is 2. The summed E-state index contributed by atoms with van der Waals surface area (Å²) in [5.74, 6) is -7.36. The van der Waals surface area contributed by atoms with E-state index in [9.17, 15) is 62.3 Å². The van der Waals surface area contributed by atoms with Gasteiger partial charge in [0.05, 0.1) is 11.4 Å². The van der Waals surface area contributed by atoms with Crippen LogP contribution >= 0.6 is 0 Å². The molecule has 5 nitrogen and oxygen atoms in total. The summed E-state index contributed by atoms with van der Waals surface area (Å²) in [4.78, 5) is 26.8. The molecule has 0 radical (unpaired) electrons. The molecule has 0 aliphatic rings. The SMILES string of the molecule is CC(C)([CH]=[Mo+2]=[NH])c1ccccc1.O=C(C(F)(F)F)C(F)(F)F.O=C(C(F)(F)F)C(F)(F)F.[Ar].[CH3-].[CH3-].c1ccc(-c2ccccn2)nc1. The maximum Gasteiger partial charge on any atom is 0.459 e. The summed E-state index contributed by atoms with van der Waals surface area (Å²) in [6.07, 6.45) is -19.7. The van der Waals surface area contributed by atoms with Crippen LogP contribution in [0.2, 0.25) is 0 Å². The van der Waals surface area contributed by atoms with Gasteiger partial charge in [-0.05, 0) is 24.3 Å². The minimum Gasteiger partial charge on any atom is -0.358 e. The molecule has 0 aliphatic heterocycles. The third-order valence-electron chi connectivity index (χ3n) is 4.49. The zero-order valence-corrected chi connectivity index (χ0v) is 27.3. The van der Waals surface area contributed by atoms with Gasteiger partial charge in [-0.2, -0.15) is 52.7 Å². The number of alkyl halides is 12. The molecule has 0 bridgehead atoms. The molecule has 264 valence electrons. The molecule has 2 heterocycles. The first-order valence-corrected chi connectivity index (χ1v) is 13.5. The molecule has 3 rings (SSSR count). The number of nitrogens with zero attached hydrogens (tertiary/aromatic N) is 2. The van der Waals surface area contributed by atoms with E-state index < -0.39 is 54.2 Å². The summed E-state index contributed by atoms with van der Waals surface area (Å²) in [5, 5.41) is 0. The smallest absolute Gasteiger partial charge is 0.358 e. The molecule has 3 aromatic rings. The zero-order chi connectivity index (χ0) is 34.4. The first-order valence-electron chi connectivity index (χ1n) is 11.4. The normalized spacial score (nSPS) is 10.9. The number of aromatic nitrogens is 2. The summed E-state index contributed by atoms with van der Waals surface area (Å²) in [6.45, 7) is 4.34. The number of ketones is 2.